The van der Waals surface area contributed by atoms with E-state index in [1.807, 2.05) is 6.92 Å². The minimum absolute atomic E-state index is 0. The molecule has 0 atom stereocenters. The number of hydrogen-bond acceptors (Lipinski definition) is 3. The monoisotopic (exact) mass is 369 g/mol. The summed E-state index contributed by atoms with van der Waals surface area (Å²) in [5.74, 6) is 0.936. The number of likely N-dealkylation sites (tertiary alicyclic amines) is 1. The number of carbonyl (C=O) groups excluding carboxylic acids is 1. The molecule has 0 saturated carbocycles. The molecule has 0 unspecified atom stereocenters. The summed E-state index contributed by atoms with van der Waals surface area (Å²) >= 11 is 0. The van der Waals surface area contributed by atoms with Crippen molar-refractivity contribution in [1.29, 1.82) is 0 Å². The van der Waals surface area contributed by atoms with Gasteiger partial charge in [0.15, 0.2) is 5.96 Å². The second-order valence-electron chi connectivity index (χ2n) is 4.09. The summed E-state index contributed by atoms with van der Waals surface area (Å²) in [5, 5.41) is 3.23. The highest BCUT2D eigenvalue weighted by Gasteiger charge is 2.26. The number of carbonyl (C=O) groups is 1. The van der Waals surface area contributed by atoms with Gasteiger partial charge in [0.1, 0.15) is 0 Å². The Bertz CT molecular complexity index is 276. The molecule has 1 fully saturated rings. The molecule has 0 aliphatic carbocycles. The summed E-state index contributed by atoms with van der Waals surface area (Å²) in [5.41, 5.74) is 0. The molecule has 0 bridgehead atoms. The third-order valence-electron chi connectivity index (χ3n) is 2.96. The maximum Gasteiger partial charge on any atom is 0.309 e. The summed E-state index contributed by atoms with van der Waals surface area (Å²) in [6.45, 7) is 6.96. The van der Waals surface area contributed by atoms with Crippen LogP contribution in [0.4, 0.5) is 0 Å². The Morgan fingerprint density at radius 1 is 1.39 bits per heavy atom. The lowest BCUT2D eigenvalue weighted by molar-refractivity contribution is -0.149. The van der Waals surface area contributed by atoms with Crippen LogP contribution < -0.4 is 5.32 Å². The van der Waals surface area contributed by atoms with Gasteiger partial charge < -0.3 is 15.0 Å². The van der Waals surface area contributed by atoms with Crippen LogP contribution in [0.15, 0.2) is 4.99 Å². The first-order valence-electron chi connectivity index (χ1n) is 6.35. The number of esters is 1. The molecule has 6 heteroatoms. The number of halogens is 1. The van der Waals surface area contributed by atoms with Crippen LogP contribution in [0.25, 0.3) is 0 Å². The molecule has 1 heterocycles. The molecule has 0 spiro atoms. The van der Waals surface area contributed by atoms with Gasteiger partial charge >= 0.3 is 5.97 Å². The topological polar surface area (TPSA) is 53.9 Å². The van der Waals surface area contributed by atoms with E-state index >= 15 is 0 Å². The number of piperidine rings is 1. The fourth-order valence-electron chi connectivity index (χ4n) is 2.08. The number of nitrogens with zero attached hydrogens (tertiary/aromatic N) is 2. The van der Waals surface area contributed by atoms with Gasteiger partial charge in [0.25, 0.3) is 0 Å². The molecule has 1 rings (SSSR count). The zero-order valence-electron chi connectivity index (χ0n) is 11.4. The maximum atomic E-state index is 11.6. The van der Waals surface area contributed by atoms with Crippen molar-refractivity contribution in [3.05, 3.63) is 0 Å². The van der Waals surface area contributed by atoms with Crippen molar-refractivity contribution in [2.24, 2.45) is 10.9 Å². The Kier molecular flexibility index (Phi) is 9.13. The van der Waals surface area contributed by atoms with Gasteiger partial charge in [0.2, 0.25) is 0 Å². The van der Waals surface area contributed by atoms with Crippen molar-refractivity contribution in [3.8, 4) is 0 Å². The van der Waals surface area contributed by atoms with E-state index in [4.69, 9.17) is 4.74 Å². The van der Waals surface area contributed by atoms with Crippen LogP contribution >= 0.6 is 24.0 Å². The summed E-state index contributed by atoms with van der Waals surface area (Å²) in [6, 6.07) is 0. The van der Waals surface area contributed by atoms with Crippen molar-refractivity contribution in [2.45, 2.75) is 26.7 Å². The Hall–Kier alpha value is -0.530. The van der Waals surface area contributed by atoms with E-state index in [0.717, 1.165) is 38.4 Å². The van der Waals surface area contributed by atoms with Crippen LogP contribution in [0.5, 0.6) is 0 Å². The highest BCUT2D eigenvalue weighted by Crippen LogP contribution is 2.18. The minimum atomic E-state index is -0.0504. The lowest BCUT2D eigenvalue weighted by Crippen LogP contribution is -2.46. The largest absolute Gasteiger partial charge is 0.466 e. The maximum absolute atomic E-state index is 11.6. The SMILES string of the molecule is CCNC(=NC)N1CCC(C(=O)OCC)CC1.I. The van der Waals surface area contributed by atoms with Gasteiger partial charge in [0, 0.05) is 26.7 Å². The summed E-state index contributed by atoms with van der Waals surface area (Å²) < 4.78 is 5.05. The molecule has 0 amide bonds. The lowest BCUT2D eigenvalue weighted by Gasteiger charge is -2.33. The fourth-order valence-corrected chi connectivity index (χ4v) is 2.08. The standard InChI is InChI=1S/C12H23N3O2.HI/c1-4-14-12(13-3)15-8-6-10(7-9-15)11(16)17-5-2;/h10H,4-9H2,1-3H3,(H,13,14);1H. The van der Waals surface area contributed by atoms with E-state index in [-0.39, 0.29) is 35.9 Å². The van der Waals surface area contributed by atoms with Crippen molar-refractivity contribution in [1.82, 2.24) is 10.2 Å². The van der Waals surface area contributed by atoms with E-state index in [2.05, 4.69) is 22.1 Å². The number of guanidine groups is 1. The van der Waals surface area contributed by atoms with Gasteiger partial charge in [-0.15, -0.1) is 24.0 Å². The molecule has 0 radical (unpaired) electrons. The smallest absolute Gasteiger partial charge is 0.309 e. The number of ether oxygens (including phenoxy) is 1. The van der Waals surface area contributed by atoms with Crippen molar-refractivity contribution in [3.63, 3.8) is 0 Å². The first-order chi connectivity index (χ1) is 8.22. The highest BCUT2D eigenvalue weighted by atomic mass is 127. The fraction of sp³-hybridized carbons (Fsp3) is 0.833. The molecule has 5 nitrogen and oxygen atoms in total. The lowest BCUT2D eigenvalue weighted by atomic mass is 9.97. The third kappa shape index (κ3) is 4.99. The summed E-state index contributed by atoms with van der Waals surface area (Å²) in [7, 11) is 1.79. The predicted octanol–water partition coefficient (Wildman–Crippen LogP) is 1.47. The molecule has 0 aromatic carbocycles. The summed E-state index contributed by atoms with van der Waals surface area (Å²) in [4.78, 5) is 18.0. The summed E-state index contributed by atoms with van der Waals surface area (Å²) in [6.07, 6.45) is 1.70. The minimum Gasteiger partial charge on any atom is -0.466 e. The van der Waals surface area contributed by atoms with Crippen LogP contribution in [-0.2, 0) is 9.53 Å². The van der Waals surface area contributed by atoms with Crippen LogP contribution in [0.1, 0.15) is 26.7 Å². The Balaban J connectivity index is 0.00000289. The van der Waals surface area contributed by atoms with Crippen molar-refractivity contribution in [2.75, 3.05) is 33.3 Å². The van der Waals surface area contributed by atoms with Crippen LogP contribution in [0.3, 0.4) is 0 Å². The Morgan fingerprint density at radius 2 is 2.00 bits per heavy atom. The molecule has 1 aliphatic rings. The highest BCUT2D eigenvalue weighted by molar-refractivity contribution is 14.0. The van der Waals surface area contributed by atoms with E-state index in [1.165, 1.54) is 0 Å². The van der Waals surface area contributed by atoms with Crippen LogP contribution in [-0.4, -0.2) is 50.1 Å². The third-order valence-corrected chi connectivity index (χ3v) is 2.96. The Morgan fingerprint density at radius 3 is 2.44 bits per heavy atom. The number of aliphatic imine (C=N–C) groups is 1. The van der Waals surface area contributed by atoms with Crippen molar-refractivity contribution >= 4 is 35.9 Å². The molecular formula is C12H24IN3O2. The number of nitrogens with one attached hydrogen (secondary N) is 1. The van der Waals surface area contributed by atoms with Gasteiger partial charge in [-0.2, -0.15) is 0 Å². The predicted molar refractivity (Wildman–Crippen MR) is 83.4 cm³/mol. The second-order valence-corrected chi connectivity index (χ2v) is 4.09. The zero-order valence-corrected chi connectivity index (χ0v) is 13.8. The molecule has 1 saturated heterocycles. The average molecular weight is 369 g/mol. The molecule has 18 heavy (non-hydrogen) atoms. The average Bonchev–Trinajstić information content (AvgIpc) is 2.36. The van der Waals surface area contributed by atoms with Gasteiger partial charge in [-0.25, -0.2) is 0 Å². The second kappa shape index (κ2) is 9.41. The van der Waals surface area contributed by atoms with Crippen LogP contribution in [0, 0.1) is 5.92 Å². The van der Waals surface area contributed by atoms with Gasteiger partial charge in [-0.05, 0) is 26.7 Å². The Labute approximate surface area is 126 Å². The number of rotatable bonds is 3. The first kappa shape index (κ1) is 17.5. The van der Waals surface area contributed by atoms with Crippen molar-refractivity contribution < 1.29 is 9.53 Å². The zero-order chi connectivity index (χ0) is 12.7. The van der Waals surface area contributed by atoms with E-state index in [0.29, 0.717) is 6.61 Å². The van der Waals surface area contributed by atoms with Crippen LogP contribution in [0.2, 0.25) is 0 Å². The molecule has 0 aromatic rings. The van der Waals surface area contributed by atoms with E-state index < -0.39 is 0 Å². The normalized spacial score (nSPS) is 17.1. The van der Waals surface area contributed by atoms with Gasteiger partial charge in [-0.1, -0.05) is 0 Å². The molecule has 0 aromatic heterocycles. The molecule has 106 valence electrons. The van der Waals surface area contributed by atoms with Gasteiger partial charge in [0.05, 0.1) is 12.5 Å². The molecule has 1 N–H and O–H groups in total. The van der Waals surface area contributed by atoms with E-state index in [1.54, 1.807) is 7.05 Å². The quantitative estimate of drug-likeness (QED) is 0.354. The molecular weight excluding hydrogens is 345 g/mol. The molecule has 1 aliphatic heterocycles. The number of hydrogen-bond donors (Lipinski definition) is 1. The first-order valence-corrected chi connectivity index (χ1v) is 6.35. The van der Waals surface area contributed by atoms with E-state index in [9.17, 15) is 4.79 Å². The van der Waals surface area contributed by atoms with Gasteiger partial charge in [-0.3, -0.25) is 9.79 Å².